The Labute approximate surface area is 72.3 Å². The van der Waals surface area contributed by atoms with Gasteiger partial charge in [0.25, 0.3) is 5.92 Å². The van der Waals surface area contributed by atoms with E-state index in [0.717, 1.165) is 12.8 Å². The van der Waals surface area contributed by atoms with Crippen LogP contribution in [0.5, 0.6) is 0 Å². The zero-order valence-electron chi connectivity index (χ0n) is 7.74. The maximum atomic E-state index is 12.6. The van der Waals surface area contributed by atoms with Gasteiger partial charge in [0.1, 0.15) is 0 Å². The molecule has 1 aliphatic rings. The van der Waals surface area contributed by atoms with Crippen LogP contribution >= 0.6 is 0 Å². The van der Waals surface area contributed by atoms with Gasteiger partial charge < -0.3 is 5.73 Å². The molecule has 0 aliphatic heterocycles. The Bertz CT molecular complexity index is 160. The SMILES string of the molecule is CCCC(C)C1(N)CC(F)(F)C1. The third kappa shape index (κ3) is 1.76. The average molecular weight is 177 g/mol. The summed E-state index contributed by atoms with van der Waals surface area (Å²) in [5.41, 5.74) is 5.24. The number of rotatable bonds is 3. The van der Waals surface area contributed by atoms with E-state index in [4.69, 9.17) is 5.73 Å². The van der Waals surface area contributed by atoms with Crippen molar-refractivity contribution in [2.45, 2.75) is 51.0 Å². The van der Waals surface area contributed by atoms with Crippen LogP contribution in [0, 0.1) is 5.92 Å². The van der Waals surface area contributed by atoms with Crippen molar-refractivity contribution in [1.82, 2.24) is 0 Å². The second kappa shape index (κ2) is 2.95. The Morgan fingerprint density at radius 1 is 1.42 bits per heavy atom. The molecule has 0 aromatic heterocycles. The fourth-order valence-corrected chi connectivity index (χ4v) is 1.98. The highest BCUT2D eigenvalue weighted by Gasteiger charge is 2.56. The van der Waals surface area contributed by atoms with E-state index in [1.54, 1.807) is 0 Å². The smallest absolute Gasteiger partial charge is 0.251 e. The van der Waals surface area contributed by atoms with E-state index in [1.807, 2.05) is 6.92 Å². The van der Waals surface area contributed by atoms with Crippen LogP contribution in [0.25, 0.3) is 0 Å². The summed E-state index contributed by atoms with van der Waals surface area (Å²) in [5, 5.41) is 0. The Morgan fingerprint density at radius 3 is 2.25 bits per heavy atom. The topological polar surface area (TPSA) is 26.0 Å². The molecular weight excluding hydrogens is 160 g/mol. The van der Waals surface area contributed by atoms with Crippen LogP contribution in [0.2, 0.25) is 0 Å². The van der Waals surface area contributed by atoms with Crippen molar-refractivity contribution in [1.29, 1.82) is 0 Å². The van der Waals surface area contributed by atoms with Crippen molar-refractivity contribution < 1.29 is 8.78 Å². The molecule has 0 heterocycles. The molecule has 0 aromatic rings. The molecule has 1 atom stereocenters. The van der Waals surface area contributed by atoms with Gasteiger partial charge in [0, 0.05) is 18.4 Å². The minimum absolute atomic E-state index is 0.124. The zero-order valence-corrected chi connectivity index (χ0v) is 7.74. The van der Waals surface area contributed by atoms with Crippen molar-refractivity contribution in [3.05, 3.63) is 0 Å². The molecule has 1 fully saturated rings. The normalized spacial score (nSPS) is 27.8. The standard InChI is InChI=1S/C9H17F2N/c1-3-4-7(2)8(12)5-9(10,11)6-8/h7H,3-6,12H2,1-2H3. The maximum absolute atomic E-state index is 12.6. The molecule has 1 rings (SSSR count). The predicted molar refractivity (Wildman–Crippen MR) is 45.2 cm³/mol. The van der Waals surface area contributed by atoms with Gasteiger partial charge in [0.2, 0.25) is 0 Å². The minimum atomic E-state index is -2.49. The van der Waals surface area contributed by atoms with Gasteiger partial charge in [-0.15, -0.1) is 0 Å². The molecule has 1 nitrogen and oxygen atoms in total. The van der Waals surface area contributed by atoms with Gasteiger partial charge in [-0.3, -0.25) is 0 Å². The number of alkyl halides is 2. The van der Waals surface area contributed by atoms with Crippen LogP contribution in [0.4, 0.5) is 8.78 Å². The fourth-order valence-electron chi connectivity index (χ4n) is 1.98. The number of halogens is 2. The van der Waals surface area contributed by atoms with Gasteiger partial charge in [0.05, 0.1) is 0 Å². The lowest BCUT2D eigenvalue weighted by atomic mass is 9.66. The molecule has 12 heavy (non-hydrogen) atoms. The van der Waals surface area contributed by atoms with Crippen LogP contribution in [0.15, 0.2) is 0 Å². The monoisotopic (exact) mass is 177 g/mol. The van der Waals surface area contributed by atoms with Gasteiger partial charge in [-0.1, -0.05) is 20.3 Å². The molecule has 0 radical (unpaired) electrons. The van der Waals surface area contributed by atoms with Gasteiger partial charge >= 0.3 is 0 Å². The molecule has 0 bridgehead atoms. The van der Waals surface area contributed by atoms with E-state index in [2.05, 4.69) is 6.92 Å². The van der Waals surface area contributed by atoms with E-state index in [9.17, 15) is 8.78 Å². The third-order valence-corrected chi connectivity index (χ3v) is 2.88. The largest absolute Gasteiger partial charge is 0.324 e. The highest BCUT2D eigenvalue weighted by Crippen LogP contribution is 2.48. The molecular formula is C9H17F2N. The summed E-state index contributed by atoms with van der Waals surface area (Å²) < 4.78 is 25.1. The Morgan fingerprint density at radius 2 is 1.92 bits per heavy atom. The summed E-state index contributed by atoms with van der Waals surface area (Å²) in [6.45, 7) is 4.02. The minimum Gasteiger partial charge on any atom is -0.324 e. The van der Waals surface area contributed by atoms with Crippen LogP contribution in [0.1, 0.15) is 39.5 Å². The van der Waals surface area contributed by atoms with E-state index in [0.29, 0.717) is 0 Å². The summed E-state index contributed by atoms with van der Waals surface area (Å²) in [5.74, 6) is -2.27. The van der Waals surface area contributed by atoms with Gasteiger partial charge in [0.15, 0.2) is 0 Å². The number of hydrogen-bond donors (Lipinski definition) is 1. The molecule has 0 spiro atoms. The fraction of sp³-hybridized carbons (Fsp3) is 1.00. The summed E-state index contributed by atoms with van der Waals surface area (Å²) >= 11 is 0. The number of hydrogen-bond acceptors (Lipinski definition) is 1. The zero-order chi connectivity index (χ0) is 9.41. The maximum Gasteiger partial charge on any atom is 0.251 e. The first-order valence-corrected chi connectivity index (χ1v) is 4.56. The third-order valence-electron chi connectivity index (χ3n) is 2.88. The summed E-state index contributed by atoms with van der Waals surface area (Å²) in [6.07, 6.45) is 1.72. The summed E-state index contributed by atoms with van der Waals surface area (Å²) in [4.78, 5) is 0. The summed E-state index contributed by atoms with van der Waals surface area (Å²) in [6, 6.07) is 0. The first kappa shape index (κ1) is 9.90. The van der Waals surface area contributed by atoms with Crippen molar-refractivity contribution in [3.63, 3.8) is 0 Å². The lowest BCUT2D eigenvalue weighted by molar-refractivity contribution is -0.138. The van der Waals surface area contributed by atoms with Gasteiger partial charge in [-0.05, 0) is 12.3 Å². The Hall–Kier alpha value is -0.180. The lowest BCUT2D eigenvalue weighted by Gasteiger charge is -2.48. The Kier molecular flexibility index (Phi) is 2.43. The van der Waals surface area contributed by atoms with E-state index in [-0.39, 0.29) is 18.8 Å². The molecule has 0 saturated heterocycles. The van der Waals surface area contributed by atoms with Crippen molar-refractivity contribution in [2.75, 3.05) is 0 Å². The molecule has 1 aliphatic carbocycles. The number of nitrogens with two attached hydrogens (primary N) is 1. The van der Waals surface area contributed by atoms with Crippen LogP contribution in [0.3, 0.4) is 0 Å². The van der Waals surface area contributed by atoms with Gasteiger partial charge in [-0.25, -0.2) is 8.78 Å². The summed E-state index contributed by atoms with van der Waals surface area (Å²) in [7, 11) is 0. The van der Waals surface area contributed by atoms with E-state index < -0.39 is 11.5 Å². The molecule has 0 aromatic carbocycles. The van der Waals surface area contributed by atoms with Crippen LogP contribution in [-0.2, 0) is 0 Å². The molecule has 72 valence electrons. The van der Waals surface area contributed by atoms with E-state index in [1.165, 1.54) is 0 Å². The van der Waals surface area contributed by atoms with Crippen molar-refractivity contribution in [3.8, 4) is 0 Å². The lowest BCUT2D eigenvalue weighted by Crippen LogP contribution is -2.61. The second-order valence-electron chi connectivity index (χ2n) is 4.13. The van der Waals surface area contributed by atoms with Gasteiger partial charge in [-0.2, -0.15) is 0 Å². The highest BCUT2D eigenvalue weighted by atomic mass is 19.3. The van der Waals surface area contributed by atoms with Crippen LogP contribution in [-0.4, -0.2) is 11.5 Å². The van der Waals surface area contributed by atoms with E-state index >= 15 is 0 Å². The molecule has 1 unspecified atom stereocenters. The van der Waals surface area contributed by atoms with Crippen molar-refractivity contribution >= 4 is 0 Å². The average Bonchev–Trinajstić information content (AvgIpc) is 1.83. The van der Waals surface area contributed by atoms with Crippen LogP contribution < -0.4 is 5.73 Å². The molecule has 3 heteroatoms. The molecule has 0 amide bonds. The molecule has 2 N–H and O–H groups in total. The second-order valence-corrected chi connectivity index (χ2v) is 4.13. The first-order chi connectivity index (χ1) is 5.40. The predicted octanol–water partition coefficient (Wildman–Crippen LogP) is 2.55. The first-order valence-electron chi connectivity index (χ1n) is 4.56. The quantitative estimate of drug-likeness (QED) is 0.704. The highest BCUT2D eigenvalue weighted by molar-refractivity contribution is 5.05. The van der Waals surface area contributed by atoms with Crippen molar-refractivity contribution in [2.24, 2.45) is 11.7 Å². The molecule has 1 saturated carbocycles. The Balaban J connectivity index is 2.43.